The molecule has 0 atom stereocenters. The van der Waals surface area contributed by atoms with Crippen LogP contribution in [-0.2, 0) is 0 Å². The second-order valence-electron chi connectivity index (χ2n) is 5.34. The third-order valence-corrected chi connectivity index (χ3v) is 4.75. The van der Waals surface area contributed by atoms with Crippen molar-refractivity contribution in [2.45, 2.75) is 24.9 Å². The molecular formula is C15H17N3O5S. The summed E-state index contributed by atoms with van der Waals surface area (Å²) >= 11 is 1.27. The summed E-state index contributed by atoms with van der Waals surface area (Å²) < 4.78 is 15.3. The fourth-order valence-electron chi connectivity index (χ4n) is 2.51. The lowest BCUT2D eigenvalue weighted by Crippen LogP contribution is -2.53. The van der Waals surface area contributed by atoms with Gasteiger partial charge in [0.1, 0.15) is 4.88 Å². The highest BCUT2D eigenvalue weighted by Gasteiger charge is 2.33. The first-order valence-electron chi connectivity index (χ1n) is 7.32. The molecule has 1 fully saturated rings. The first-order chi connectivity index (χ1) is 11.6. The van der Waals surface area contributed by atoms with Crippen molar-refractivity contribution >= 4 is 23.2 Å². The first-order valence-corrected chi connectivity index (χ1v) is 8.20. The Hall–Kier alpha value is -2.55. The number of hydrogen-bond donors (Lipinski definition) is 2. The molecule has 0 aliphatic heterocycles. The summed E-state index contributed by atoms with van der Waals surface area (Å²) in [6, 6.07) is 0.0167. The minimum Gasteiger partial charge on any atom is -0.492 e. The zero-order valence-corrected chi connectivity index (χ0v) is 14.0. The molecule has 0 saturated heterocycles. The minimum atomic E-state index is -0.299. The molecule has 1 aliphatic carbocycles. The Morgan fingerprint density at radius 2 is 1.92 bits per heavy atom. The maximum atomic E-state index is 12.3. The summed E-state index contributed by atoms with van der Waals surface area (Å²) in [7, 11) is 3.03. The highest BCUT2D eigenvalue weighted by atomic mass is 32.1. The average molecular weight is 351 g/mol. The molecule has 0 spiro atoms. The third-order valence-electron chi connectivity index (χ3n) is 3.81. The summed E-state index contributed by atoms with van der Waals surface area (Å²) in [5, 5.41) is 7.49. The zero-order valence-electron chi connectivity index (χ0n) is 13.2. The van der Waals surface area contributed by atoms with E-state index in [1.165, 1.54) is 38.1 Å². The maximum Gasteiger partial charge on any atom is 0.288 e. The fourth-order valence-corrected chi connectivity index (χ4v) is 3.40. The van der Waals surface area contributed by atoms with E-state index in [4.69, 9.17) is 13.9 Å². The van der Waals surface area contributed by atoms with Crippen molar-refractivity contribution in [1.82, 2.24) is 15.6 Å². The molecule has 128 valence electrons. The number of carbonyl (C=O) groups excluding carboxylic acids is 2. The molecule has 2 N–H and O–H groups in total. The molecule has 0 radical (unpaired) electrons. The Morgan fingerprint density at radius 1 is 1.21 bits per heavy atom. The van der Waals surface area contributed by atoms with Gasteiger partial charge in [0, 0.05) is 17.5 Å². The van der Waals surface area contributed by atoms with Crippen molar-refractivity contribution in [3.63, 3.8) is 0 Å². The normalized spacial score (nSPS) is 19.2. The average Bonchev–Trinajstić information content (AvgIpc) is 3.21. The Balaban J connectivity index is 1.50. The smallest absolute Gasteiger partial charge is 0.288 e. The van der Waals surface area contributed by atoms with Gasteiger partial charge in [0.05, 0.1) is 20.4 Å². The van der Waals surface area contributed by atoms with E-state index >= 15 is 0 Å². The van der Waals surface area contributed by atoms with Gasteiger partial charge in [-0.05, 0) is 12.8 Å². The summed E-state index contributed by atoms with van der Waals surface area (Å²) in [5.41, 5.74) is 0. The van der Waals surface area contributed by atoms with Crippen LogP contribution in [0.2, 0.25) is 0 Å². The number of ether oxygens (including phenoxy) is 2. The van der Waals surface area contributed by atoms with Crippen LogP contribution in [0.1, 0.15) is 33.1 Å². The molecular weight excluding hydrogens is 334 g/mol. The molecule has 1 aliphatic rings. The van der Waals surface area contributed by atoms with Gasteiger partial charge in [0.25, 0.3) is 11.8 Å². The quantitative estimate of drug-likeness (QED) is 0.816. The van der Waals surface area contributed by atoms with Crippen LogP contribution in [0.3, 0.4) is 0 Å². The third kappa shape index (κ3) is 3.21. The molecule has 2 amide bonds. The number of thiophene rings is 1. The summed E-state index contributed by atoms with van der Waals surface area (Å²) in [6.07, 6.45) is 3.90. The van der Waals surface area contributed by atoms with Crippen molar-refractivity contribution in [2.24, 2.45) is 0 Å². The number of methoxy groups -OCH3 is 2. The van der Waals surface area contributed by atoms with E-state index in [2.05, 4.69) is 15.6 Å². The number of nitrogens with one attached hydrogen (secondary N) is 2. The van der Waals surface area contributed by atoms with Crippen LogP contribution in [0.5, 0.6) is 11.5 Å². The van der Waals surface area contributed by atoms with E-state index in [0.29, 0.717) is 29.2 Å². The molecule has 8 nitrogen and oxygen atoms in total. The van der Waals surface area contributed by atoms with E-state index in [-0.39, 0.29) is 29.7 Å². The predicted molar refractivity (Wildman–Crippen MR) is 85.7 cm³/mol. The lowest BCUT2D eigenvalue weighted by Gasteiger charge is -2.35. The van der Waals surface area contributed by atoms with Gasteiger partial charge in [-0.3, -0.25) is 9.59 Å². The standard InChI is InChI=1S/C15H17N3O5S/c1-21-11-6-24-13(12(11)22-2)15(20)18-9-3-8(4-9)17-14(19)10-5-16-7-23-10/h5-9H,3-4H2,1-2H3,(H,17,19)(H,18,20). The Bertz CT molecular complexity index is 722. The van der Waals surface area contributed by atoms with E-state index in [1.54, 1.807) is 5.38 Å². The number of carbonyl (C=O) groups is 2. The SMILES string of the molecule is COc1csc(C(=O)NC2CC(NC(=O)c3cnco3)C2)c1OC. The lowest BCUT2D eigenvalue weighted by molar-refractivity contribution is 0.0846. The summed E-state index contributed by atoms with van der Waals surface area (Å²) in [4.78, 5) is 28.3. The van der Waals surface area contributed by atoms with Crippen molar-refractivity contribution < 1.29 is 23.5 Å². The molecule has 0 bridgehead atoms. The molecule has 9 heteroatoms. The van der Waals surface area contributed by atoms with E-state index in [9.17, 15) is 9.59 Å². The largest absolute Gasteiger partial charge is 0.492 e. The Kier molecular flexibility index (Phi) is 4.70. The Morgan fingerprint density at radius 3 is 2.50 bits per heavy atom. The van der Waals surface area contributed by atoms with Crippen LogP contribution in [0.15, 0.2) is 22.4 Å². The van der Waals surface area contributed by atoms with Crippen LogP contribution < -0.4 is 20.1 Å². The molecule has 2 heterocycles. The number of aromatic nitrogens is 1. The zero-order chi connectivity index (χ0) is 17.1. The monoisotopic (exact) mass is 351 g/mol. The van der Waals surface area contributed by atoms with Gasteiger partial charge in [0.15, 0.2) is 17.9 Å². The van der Waals surface area contributed by atoms with Gasteiger partial charge < -0.3 is 24.5 Å². The van der Waals surface area contributed by atoms with E-state index in [1.807, 2.05) is 0 Å². The molecule has 1 saturated carbocycles. The molecule has 2 aromatic rings. The van der Waals surface area contributed by atoms with E-state index < -0.39 is 0 Å². The lowest BCUT2D eigenvalue weighted by atomic mass is 9.86. The van der Waals surface area contributed by atoms with Gasteiger partial charge in [-0.15, -0.1) is 11.3 Å². The van der Waals surface area contributed by atoms with Crippen LogP contribution >= 0.6 is 11.3 Å². The van der Waals surface area contributed by atoms with Gasteiger partial charge >= 0.3 is 0 Å². The van der Waals surface area contributed by atoms with Crippen LogP contribution in [0.25, 0.3) is 0 Å². The number of hydrogen-bond acceptors (Lipinski definition) is 7. The second kappa shape index (κ2) is 6.91. The highest BCUT2D eigenvalue weighted by molar-refractivity contribution is 7.12. The minimum absolute atomic E-state index is 0.00710. The number of rotatable bonds is 6. The summed E-state index contributed by atoms with van der Waals surface area (Å²) in [5.74, 6) is 0.656. The molecule has 3 rings (SSSR count). The maximum absolute atomic E-state index is 12.3. The highest BCUT2D eigenvalue weighted by Crippen LogP contribution is 2.37. The van der Waals surface area contributed by atoms with Gasteiger partial charge in [-0.2, -0.15) is 0 Å². The van der Waals surface area contributed by atoms with Crippen molar-refractivity contribution in [3.8, 4) is 11.5 Å². The molecule has 0 aromatic carbocycles. The summed E-state index contributed by atoms with van der Waals surface area (Å²) in [6.45, 7) is 0. The predicted octanol–water partition coefficient (Wildman–Crippen LogP) is 1.44. The van der Waals surface area contributed by atoms with Crippen LogP contribution in [0, 0.1) is 0 Å². The molecule has 2 aromatic heterocycles. The molecule has 0 unspecified atom stereocenters. The number of oxazole rings is 1. The fraction of sp³-hybridized carbons (Fsp3) is 0.400. The van der Waals surface area contributed by atoms with Gasteiger partial charge in [-0.25, -0.2) is 4.98 Å². The van der Waals surface area contributed by atoms with Crippen LogP contribution in [-0.4, -0.2) is 43.1 Å². The number of amides is 2. The van der Waals surface area contributed by atoms with Gasteiger partial charge in [-0.1, -0.05) is 0 Å². The van der Waals surface area contributed by atoms with Crippen LogP contribution in [0.4, 0.5) is 0 Å². The topological polar surface area (TPSA) is 103 Å². The number of nitrogens with zero attached hydrogens (tertiary/aromatic N) is 1. The van der Waals surface area contributed by atoms with Crippen molar-refractivity contribution in [3.05, 3.63) is 28.6 Å². The van der Waals surface area contributed by atoms with Crippen molar-refractivity contribution in [2.75, 3.05) is 14.2 Å². The molecule has 24 heavy (non-hydrogen) atoms. The first kappa shape index (κ1) is 16.3. The Labute approximate surface area is 142 Å². The van der Waals surface area contributed by atoms with E-state index in [0.717, 1.165) is 0 Å². The van der Waals surface area contributed by atoms with Gasteiger partial charge in [0.2, 0.25) is 5.76 Å². The van der Waals surface area contributed by atoms with Crippen molar-refractivity contribution in [1.29, 1.82) is 0 Å². The second-order valence-corrected chi connectivity index (χ2v) is 6.22.